The van der Waals surface area contributed by atoms with Crippen LogP contribution in [0.4, 0.5) is 0 Å². The first-order valence-electron chi connectivity index (χ1n) is 13.1. The molecule has 1 saturated heterocycles. The van der Waals surface area contributed by atoms with E-state index in [0.717, 1.165) is 25.9 Å². The van der Waals surface area contributed by atoms with Crippen LogP contribution in [0.25, 0.3) is 11.1 Å². The molecule has 0 unspecified atom stereocenters. The highest BCUT2D eigenvalue weighted by molar-refractivity contribution is 5.69. The molecule has 0 radical (unpaired) electrons. The second kappa shape index (κ2) is 13.6. The number of rotatable bonds is 11. The van der Waals surface area contributed by atoms with Crippen molar-refractivity contribution in [1.29, 1.82) is 0 Å². The summed E-state index contributed by atoms with van der Waals surface area (Å²) in [7, 11) is 1.42. The number of hydrogen-bond acceptors (Lipinski definition) is 5. The first-order chi connectivity index (χ1) is 17.2. The molecule has 1 aliphatic carbocycles. The van der Waals surface area contributed by atoms with Crippen molar-refractivity contribution in [2.45, 2.75) is 69.8 Å². The monoisotopic (exact) mass is 477 g/mol. The van der Waals surface area contributed by atoms with Gasteiger partial charge in [-0.15, -0.1) is 0 Å². The van der Waals surface area contributed by atoms with E-state index in [1.54, 1.807) is 0 Å². The first-order valence-corrected chi connectivity index (χ1v) is 13.1. The van der Waals surface area contributed by atoms with E-state index in [0.29, 0.717) is 32.1 Å². The molecule has 5 heteroatoms. The highest BCUT2D eigenvalue weighted by Gasteiger charge is 2.41. The summed E-state index contributed by atoms with van der Waals surface area (Å²) in [6, 6.07) is 19.6. The third-order valence-corrected chi connectivity index (χ3v) is 7.17. The topological polar surface area (TPSA) is 48.0 Å². The molecule has 2 aliphatic rings. The lowest BCUT2D eigenvalue weighted by atomic mass is 10.0. The van der Waals surface area contributed by atoms with Gasteiger partial charge in [-0.05, 0) is 61.9 Å². The van der Waals surface area contributed by atoms with E-state index in [9.17, 15) is 4.79 Å². The molecule has 3 atom stereocenters. The summed E-state index contributed by atoms with van der Waals surface area (Å²) in [6.45, 7) is 3.46. The Morgan fingerprint density at radius 1 is 0.914 bits per heavy atom. The SMILES string of the molecule is COC(=O)CCC=CCO[C@H]1[C@@H](OCc2ccc(-c3ccccc3)cc2)CC[C@@H]1N1CCCCC1. The summed E-state index contributed by atoms with van der Waals surface area (Å²) in [5.41, 5.74) is 3.64. The molecule has 2 aromatic rings. The fourth-order valence-electron chi connectivity index (χ4n) is 5.23. The summed E-state index contributed by atoms with van der Waals surface area (Å²) in [5, 5.41) is 0. The van der Waals surface area contributed by atoms with E-state index in [2.05, 4.69) is 53.4 Å². The van der Waals surface area contributed by atoms with E-state index in [1.165, 1.54) is 43.1 Å². The third kappa shape index (κ3) is 7.50. The van der Waals surface area contributed by atoms with Crippen molar-refractivity contribution in [2.24, 2.45) is 0 Å². The largest absolute Gasteiger partial charge is 0.469 e. The van der Waals surface area contributed by atoms with Crippen LogP contribution in [0.1, 0.15) is 50.5 Å². The van der Waals surface area contributed by atoms with Crippen LogP contribution in [0.3, 0.4) is 0 Å². The van der Waals surface area contributed by atoms with Crippen molar-refractivity contribution in [3.63, 3.8) is 0 Å². The molecule has 4 rings (SSSR count). The zero-order valence-electron chi connectivity index (χ0n) is 20.9. The maximum atomic E-state index is 11.3. The Morgan fingerprint density at radius 3 is 2.40 bits per heavy atom. The van der Waals surface area contributed by atoms with Gasteiger partial charge >= 0.3 is 5.97 Å². The van der Waals surface area contributed by atoms with Crippen LogP contribution >= 0.6 is 0 Å². The Morgan fingerprint density at radius 2 is 1.66 bits per heavy atom. The van der Waals surface area contributed by atoms with Crippen molar-refractivity contribution >= 4 is 5.97 Å². The molecule has 2 fully saturated rings. The van der Waals surface area contributed by atoms with Gasteiger partial charge in [0.2, 0.25) is 0 Å². The number of carbonyl (C=O) groups is 1. The fourth-order valence-corrected chi connectivity index (χ4v) is 5.23. The van der Waals surface area contributed by atoms with Crippen molar-refractivity contribution < 1.29 is 19.0 Å². The van der Waals surface area contributed by atoms with Crippen LogP contribution in [0.15, 0.2) is 66.7 Å². The molecule has 5 nitrogen and oxygen atoms in total. The van der Waals surface area contributed by atoms with E-state index < -0.39 is 0 Å². The molecule has 0 amide bonds. The van der Waals surface area contributed by atoms with Crippen LogP contribution in [0, 0.1) is 0 Å². The number of benzene rings is 2. The number of carbonyl (C=O) groups excluding carboxylic acids is 1. The standard InChI is InChI=1S/C30H39NO4/c1-33-29(32)13-7-3-10-22-34-30-27(31-20-8-4-9-21-31)18-19-28(30)35-23-24-14-16-26(17-15-24)25-11-5-2-6-12-25/h2-3,5-6,10-12,14-17,27-28,30H,4,7-9,13,18-23H2,1H3/t27-,28-,30+/m0/s1. The second-order valence-corrected chi connectivity index (χ2v) is 9.54. The predicted molar refractivity (Wildman–Crippen MR) is 139 cm³/mol. The highest BCUT2D eigenvalue weighted by atomic mass is 16.5. The van der Waals surface area contributed by atoms with Gasteiger partial charge in [0, 0.05) is 12.5 Å². The number of likely N-dealkylation sites (tertiary alicyclic amines) is 1. The molecule has 0 N–H and O–H groups in total. The maximum Gasteiger partial charge on any atom is 0.305 e. The average Bonchev–Trinajstić information content (AvgIpc) is 3.33. The maximum absolute atomic E-state index is 11.3. The third-order valence-electron chi connectivity index (χ3n) is 7.17. The number of piperidine rings is 1. The molecule has 2 aromatic carbocycles. The summed E-state index contributed by atoms with van der Waals surface area (Å²) >= 11 is 0. The number of esters is 1. The molecular formula is C30H39NO4. The van der Waals surface area contributed by atoms with Gasteiger partial charge < -0.3 is 14.2 Å². The Balaban J connectivity index is 1.32. The van der Waals surface area contributed by atoms with Gasteiger partial charge in [-0.3, -0.25) is 9.69 Å². The molecule has 1 aliphatic heterocycles. The van der Waals surface area contributed by atoms with Crippen molar-refractivity contribution in [3.05, 3.63) is 72.3 Å². The molecule has 35 heavy (non-hydrogen) atoms. The van der Waals surface area contributed by atoms with Gasteiger partial charge in [-0.2, -0.15) is 0 Å². The van der Waals surface area contributed by atoms with Gasteiger partial charge in [0.1, 0.15) is 0 Å². The summed E-state index contributed by atoms with van der Waals surface area (Å²) in [5.74, 6) is -0.179. The van der Waals surface area contributed by atoms with Gasteiger partial charge in [-0.1, -0.05) is 73.2 Å². The predicted octanol–water partition coefficient (Wildman–Crippen LogP) is 5.78. The number of ether oxygens (including phenoxy) is 3. The van der Waals surface area contributed by atoms with Gasteiger partial charge in [0.05, 0.1) is 32.5 Å². The lowest BCUT2D eigenvalue weighted by Crippen LogP contribution is -2.47. The molecule has 0 spiro atoms. The van der Waals surface area contributed by atoms with Crippen molar-refractivity contribution in [1.82, 2.24) is 4.90 Å². The Labute approximate surface area is 210 Å². The minimum atomic E-state index is -0.179. The van der Waals surface area contributed by atoms with Crippen LogP contribution < -0.4 is 0 Å². The first kappa shape index (κ1) is 25.6. The van der Waals surface area contributed by atoms with Gasteiger partial charge in [-0.25, -0.2) is 0 Å². The minimum Gasteiger partial charge on any atom is -0.469 e. The lowest BCUT2D eigenvalue weighted by molar-refractivity contribution is -0.140. The van der Waals surface area contributed by atoms with Crippen LogP contribution in [-0.4, -0.2) is 55.9 Å². The lowest BCUT2D eigenvalue weighted by Gasteiger charge is -2.36. The smallest absolute Gasteiger partial charge is 0.305 e. The Kier molecular flexibility index (Phi) is 9.94. The minimum absolute atomic E-state index is 0.0712. The van der Waals surface area contributed by atoms with Crippen LogP contribution in [0.5, 0.6) is 0 Å². The highest BCUT2D eigenvalue weighted by Crippen LogP contribution is 2.32. The Bertz CT molecular complexity index is 921. The summed E-state index contributed by atoms with van der Waals surface area (Å²) in [6.07, 6.45) is 11.3. The molecule has 1 saturated carbocycles. The molecule has 188 valence electrons. The summed E-state index contributed by atoms with van der Waals surface area (Å²) in [4.78, 5) is 13.9. The second-order valence-electron chi connectivity index (χ2n) is 9.54. The number of hydrogen-bond donors (Lipinski definition) is 0. The zero-order valence-corrected chi connectivity index (χ0v) is 20.9. The number of nitrogens with zero attached hydrogens (tertiary/aromatic N) is 1. The Hall–Kier alpha value is -2.47. The zero-order chi connectivity index (χ0) is 24.3. The molecular weight excluding hydrogens is 438 g/mol. The van der Waals surface area contributed by atoms with Crippen LogP contribution in [-0.2, 0) is 25.6 Å². The summed E-state index contributed by atoms with van der Waals surface area (Å²) < 4.78 is 17.6. The molecule has 1 heterocycles. The quantitative estimate of drug-likeness (QED) is 0.303. The molecule has 0 aromatic heterocycles. The van der Waals surface area contributed by atoms with E-state index in [-0.39, 0.29) is 18.2 Å². The van der Waals surface area contributed by atoms with Crippen molar-refractivity contribution in [2.75, 3.05) is 26.8 Å². The van der Waals surface area contributed by atoms with Crippen LogP contribution in [0.2, 0.25) is 0 Å². The van der Waals surface area contributed by atoms with E-state index in [1.807, 2.05) is 18.2 Å². The van der Waals surface area contributed by atoms with Gasteiger partial charge in [0.15, 0.2) is 0 Å². The number of methoxy groups -OCH3 is 1. The van der Waals surface area contributed by atoms with E-state index in [4.69, 9.17) is 14.2 Å². The number of allylic oxidation sites excluding steroid dienone is 1. The normalized spacial score (nSPS) is 23.1. The van der Waals surface area contributed by atoms with E-state index >= 15 is 0 Å². The van der Waals surface area contributed by atoms with Gasteiger partial charge in [0.25, 0.3) is 0 Å². The van der Waals surface area contributed by atoms with Crippen molar-refractivity contribution in [3.8, 4) is 11.1 Å². The molecule has 0 bridgehead atoms. The average molecular weight is 478 g/mol. The fraction of sp³-hybridized carbons (Fsp3) is 0.500.